The Labute approximate surface area is 138 Å². The van der Waals surface area contributed by atoms with Crippen LogP contribution in [0.3, 0.4) is 0 Å². The molecule has 0 unspecified atom stereocenters. The molecule has 0 aliphatic rings. The lowest BCUT2D eigenvalue weighted by atomic mass is 10.1. The highest BCUT2D eigenvalue weighted by Crippen LogP contribution is 2.29. The summed E-state index contributed by atoms with van der Waals surface area (Å²) >= 11 is 4.87. The summed E-state index contributed by atoms with van der Waals surface area (Å²) in [5, 5.41) is 0. The van der Waals surface area contributed by atoms with Crippen molar-refractivity contribution in [2.75, 3.05) is 7.05 Å². The predicted octanol–water partition coefficient (Wildman–Crippen LogP) is 4.73. The van der Waals surface area contributed by atoms with Gasteiger partial charge in [0.1, 0.15) is 0 Å². The normalized spacial score (nSPS) is 11.5. The van der Waals surface area contributed by atoms with Crippen molar-refractivity contribution >= 4 is 33.2 Å². The van der Waals surface area contributed by atoms with Crippen LogP contribution in [0.1, 0.15) is 16.0 Å². The maximum atomic E-state index is 12.7. The van der Waals surface area contributed by atoms with Crippen molar-refractivity contribution in [1.82, 2.24) is 4.90 Å². The molecule has 2 aromatic rings. The zero-order valence-corrected chi connectivity index (χ0v) is 14.1. The second-order valence-corrected chi connectivity index (χ2v) is 7.38. The lowest BCUT2D eigenvalue weighted by Crippen LogP contribution is -2.27. The minimum absolute atomic E-state index is 0.0486. The van der Waals surface area contributed by atoms with Crippen LogP contribution in [0.2, 0.25) is 0 Å². The molecule has 2 rings (SSSR count). The van der Waals surface area contributed by atoms with Crippen molar-refractivity contribution in [1.29, 1.82) is 0 Å². The number of thiophene rings is 1. The first-order valence-electron chi connectivity index (χ1n) is 6.40. The molecular weight excluding hydrogens is 379 g/mol. The van der Waals surface area contributed by atoms with E-state index in [4.69, 9.17) is 0 Å². The first-order valence-corrected chi connectivity index (χ1v) is 8.01. The molecule has 0 saturated heterocycles. The van der Waals surface area contributed by atoms with Crippen molar-refractivity contribution in [3.63, 3.8) is 0 Å². The minimum Gasteiger partial charge on any atom is -0.340 e. The maximum Gasteiger partial charge on any atom is 0.416 e. The number of rotatable bonds is 4. The number of amides is 1. The molecule has 1 heterocycles. The first kappa shape index (κ1) is 17.0. The SMILES string of the molecule is CN(Cc1ccc(Br)s1)C(=O)Cc1cccc(C(F)(F)F)c1. The van der Waals surface area contributed by atoms with Gasteiger partial charge < -0.3 is 4.90 Å². The zero-order chi connectivity index (χ0) is 16.3. The highest BCUT2D eigenvalue weighted by molar-refractivity contribution is 9.11. The molecule has 118 valence electrons. The van der Waals surface area contributed by atoms with E-state index in [1.165, 1.54) is 28.4 Å². The van der Waals surface area contributed by atoms with Crippen molar-refractivity contribution in [3.05, 3.63) is 56.2 Å². The standard InChI is InChI=1S/C15H13BrF3NOS/c1-20(9-12-5-6-13(16)22-12)14(21)8-10-3-2-4-11(7-10)15(17,18)19/h2-7H,8-9H2,1H3. The monoisotopic (exact) mass is 391 g/mol. The molecule has 0 radical (unpaired) electrons. The van der Waals surface area contributed by atoms with E-state index in [0.717, 1.165) is 20.8 Å². The van der Waals surface area contributed by atoms with E-state index >= 15 is 0 Å². The predicted molar refractivity (Wildman–Crippen MR) is 83.6 cm³/mol. The number of benzene rings is 1. The van der Waals surface area contributed by atoms with Crippen LogP contribution in [0.25, 0.3) is 0 Å². The summed E-state index contributed by atoms with van der Waals surface area (Å²) in [4.78, 5) is 14.6. The Balaban J connectivity index is 2.02. The quantitative estimate of drug-likeness (QED) is 0.737. The van der Waals surface area contributed by atoms with E-state index < -0.39 is 11.7 Å². The fourth-order valence-electron chi connectivity index (χ4n) is 1.93. The Hall–Kier alpha value is -1.34. The third-order valence-corrected chi connectivity index (χ3v) is 4.67. The summed E-state index contributed by atoms with van der Waals surface area (Å²) < 4.78 is 38.9. The second-order valence-electron chi connectivity index (χ2n) is 4.83. The van der Waals surface area contributed by atoms with Gasteiger partial charge in [0, 0.05) is 11.9 Å². The number of likely N-dealkylation sites (N-methyl/N-ethyl adjacent to an activating group) is 1. The van der Waals surface area contributed by atoms with Gasteiger partial charge in [-0.1, -0.05) is 18.2 Å². The lowest BCUT2D eigenvalue weighted by molar-refractivity contribution is -0.138. The fourth-order valence-corrected chi connectivity index (χ4v) is 3.46. The van der Waals surface area contributed by atoms with Gasteiger partial charge in [-0.15, -0.1) is 11.3 Å². The molecular formula is C15H13BrF3NOS. The van der Waals surface area contributed by atoms with Gasteiger partial charge in [0.05, 0.1) is 22.3 Å². The van der Waals surface area contributed by atoms with Crippen LogP contribution in [0.15, 0.2) is 40.2 Å². The number of hydrogen-bond acceptors (Lipinski definition) is 2. The first-order chi connectivity index (χ1) is 10.3. The topological polar surface area (TPSA) is 20.3 Å². The fraction of sp³-hybridized carbons (Fsp3) is 0.267. The van der Waals surface area contributed by atoms with Gasteiger partial charge in [-0.25, -0.2) is 0 Å². The van der Waals surface area contributed by atoms with Crippen LogP contribution >= 0.6 is 27.3 Å². The molecule has 1 aromatic carbocycles. The largest absolute Gasteiger partial charge is 0.416 e. The molecule has 0 spiro atoms. The summed E-state index contributed by atoms with van der Waals surface area (Å²) in [5.74, 6) is -0.219. The molecule has 0 bridgehead atoms. The highest BCUT2D eigenvalue weighted by atomic mass is 79.9. The number of carbonyl (C=O) groups is 1. The van der Waals surface area contributed by atoms with Gasteiger partial charge in [0.15, 0.2) is 0 Å². The van der Waals surface area contributed by atoms with E-state index in [9.17, 15) is 18.0 Å². The van der Waals surface area contributed by atoms with Gasteiger partial charge in [-0.05, 0) is 39.7 Å². The van der Waals surface area contributed by atoms with Gasteiger partial charge in [-0.2, -0.15) is 13.2 Å². The number of nitrogens with zero attached hydrogens (tertiary/aromatic N) is 1. The van der Waals surface area contributed by atoms with Crippen LogP contribution in [0.4, 0.5) is 13.2 Å². The third kappa shape index (κ3) is 4.58. The third-order valence-electron chi connectivity index (χ3n) is 3.06. The Morgan fingerprint density at radius 3 is 2.59 bits per heavy atom. The summed E-state index contributed by atoms with van der Waals surface area (Å²) in [5.41, 5.74) is -0.373. The van der Waals surface area contributed by atoms with Gasteiger partial charge in [-0.3, -0.25) is 4.79 Å². The smallest absolute Gasteiger partial charge is 0.340 e. The highest BCUT2D eigenvalue weighted by Gasteiger charge is 2.30. The summed E-state index contributed by atoms with van der Waals surface area (Å²) in [6.07, 6.45) is -4.44. The number of alkyl halides is 3. The molecule has 0 fully saturated rings. The number of halogens is 4. The molecule has 22 heavy (non-hydrogen) atoms. The van der Waals surface area contributed by atoms with E-state index in [1.807, 2.05) is 12.1 Å². The van der Waals surface area contributed by atoms with E-state index in [-0.39, 0.29) is 12.3 Å². The second kappa shape index (κ2) is 6.83. The Morgan fingerprint density at radius 1 is 1.27 bits per heavy atom. The van der Waals surface area contributed by atoms with Crippen molar-refractivity contribution in [2.45, 2.75) is 19.1 Å². The zero-order valence-electron chi connectivity index (χ0n) is 11.7. The van der Waals surface area contributed by atoms with Crippen molar-refractivity contribution < 1.29 is 18.0 Å². The molecule has 2 nitrogen and oxygen atoms in total. The molecule has 0 atom stereocenters. The maximum absolute atomic E-state index is 12.7. The molecule has 0 N–H and O–H groups in total. The molecule has 0 aliphatic heterocycles. The van der Waals surface area contributed by atoms with E-state index in [1.54, 1.807) is 7.05 Å². The Kier molecular flexibility index (Phi) is 5.28. The minimum atomic E-state index is -4.39. The lowest BCUT2D eigenvalue weighted by Gasteiger charge is -2.16. The Bertz CT molecular complexity index is 669. The average Bonchev–Trinajstić information content (AvgIpc) is 2.83. The Morgan fingerprint density at radius 2 is 2.00 bits per heavy atom. The summed E-state index contributed by atoms with van der Waals surface area (Å²) in [6, 6.07) is 8.67. The number of hydrogen-bond donors (Lipinski definition) is 0. The molecule has 0 aliphatic carbocycles. The summed E-state index contributed by atoms with van der Waals surface area (Å²) in [7, 11) is 1.64. The van der Waals surface area contributed by atoms with Crippen molar-refractivity contribution in [3.8, 4) is 0 Å². The van der Waals surface area contributed by atoms with E-state index in [2.05, 4.69) is 15.9 Å². The molecule has 1 aromatic heterocycles. The van der Waals surface area contributed by atoms with Crippen LogP contribution in [0.5, 0.6) is 0 Å². The molecule has 1 amide bonds. The molecule has 7 heteroatoms. The number of carbonyl (C=O) groups excluding carboxylic acids is 1. The summed E-state index contributed by atoms with van der Waals surface area (Å²) in [6.45, 7) is 0.439. The van der Waals surface area contributed by atoms with Gasteiger partial charge >= 0.3 is 6.18 Å². The van der Waals surface area contributed by atoms with Crippen LogP contribution in [-0.2, 0) is 23.9 Å². The van der Waals surface area contributed by atoms with Crippen LogP contribution < -0.4 is 0 Å². The van der Waals surface area contributed by atoms with E-state index in [0.29, 0.717) is 12.1 Å². The van der Waals surface area contributed by atoms with Gasteiger partial charge in [0.25, 0.3) is 0 Å². The van der Waals surface area contributed by atoms with Gasteiger partial charge in [0.2, 0.25) is 5.91 Å². The van der Waals surface area contributed by atoms with Crippen molar-refractivity contribution in [2.24, 2.45) is 0 Å². The van der Waals surface area contributed by atoms with Crippen LogP contribution in [-0.4, -0.2) is 17.9 Å². The molecule has 0 saturated carbocycles. The average molecular weight is 392 g/mol. The van der Waals surface area contributed by atoms with Crippen LogP contribution in [0, 0.1) is 0 Å².